The van der Waals surface area contributed by atoms with Crippen LogP contribution in [0.1, 0.15) is 18.1 Å². The van der Waals surface area contributed by atoms with Crippen molar-refractivity contribution in [1.29, 1.82) is 0 Å². The van der Waals surface area contributed by atoms with Crippen LogP contribution < -0.4 is 23.1 Å². The van der Waals surface area contributed by atoms with Gasteiger partial charge in [-0.1, -0.05) is 17.7 Å². The van der Waals surface area contributed by atoms with Crippen molar-refractivity contribution >= 4 is 50.7 Å². The van der Waals surface area contributed by atoms with Gasteiger partial charge in [-0.05, 0) is 78.4 Å². The van der Waals surface area contributed by atoms with E-state index in [0.717, 1.165) is 16.7 Å². The molecule has 0 unspecified atom stereocenters. The summed E-state index contributed by atoms with van der Waals surface area (Å²) in [5.74, 6) is 1.12. The maximum absolute atomic E-state index is 13.1. The van der Waals surface area contributed by atoms with Gasteiger partial charge in [0.05, 0.1) is 25.2 Å². The van der Waals surface area contributed by atoms with E-state index < -0.39 is 21.3 Å². The average molecular weight is 604 g/mol. The van der Waals surface area contributed by atoms with E-state index in [9.17, 15) is 18.0 Å². The normalized spacial score (nSPS) is 15.6. The Balaban J connectivity index is 1.36. The Labute approximate surface area is 239 Å². The molecule has 40 heavy (non-hydrogen) atoms. The predicted octanol–water partition coefficient (Wildman–Crippen LogP) is 5.48. The number of fused-ring (bicyclic) bond motifs is 1. The van der Waals surface area contributed by atoms with Crippen molar-refractivity contribution in [2.24, 2.45) is 0 Å². The number of carbonyl (C=O) groups excluding carboxylic acids is 2. The Morgan fingerprint density at radius 2 is 1.75 bits per heavy atom. The highest BCUT2D eigenvalue weighted by atomic mass is 35.5. The fourth-order valence-corrected chi connectivity index (χ4v) is 5.89. The second-order valence-electron chi connectivity index (χ2n) is 8.42. The van der Waals surface area contributed by atoms with Gasteiger partial charge in [0.1, 0.15) is 10.6 Å². The molecule has 0 N–H and O–H groups in total. The lowest BCUT2D eigenvalue weighted by Crippen LogP contribution is -2.27. The molecular weight excluding hydrogens is 582 g/mol. The second kappa shape index (κ2) is 11.3. The van der Waals surface area contributed by atoms with Gasteiger partial charge in [0.25, 0.3) is 11.1 Å². The highest BCUT2D eigenvalue weighted by Gasteiger charge is 2.36. The molecule has 0 spiro atoms. The fourth-order valence-electron chi connectivity index (χ4n) is 3.90. The number of carbonyl (C=O) groups is 2. The van der Waals surface area contributed by atoms with Crippen molar-refractivity contribution in [3.8, 4) is 28.7 Å². The number of thioether (sulfide) groups is 1. The molecule has 1 saturated heterocycles. The van der Waals surface area contributed by atoms with E-state index in [1.807, 2.05) is 0 Å². The third kappa shape index (κ3) is 5.69. The number of imide groups is 1. The van der Waals surface area contributed by atoms with Crippen LogP contribution in [-0.2, 0) is 21.5 Å². The number of hydrogen-bond donors (Lipinski definition) is 0. The highest BCUT2D eigenvalue weighted by Crippen LogP contribution is 2.40. The smallest absolute Gasteiger partial charge is 0.339 e. The molecule has 208 valence electrons. The molecule has 2 heterocycles. The van der Waals surface area contributed by atoms with E-state index in [1.165, 1.54) is 49.6 Å². The Hall–Kier alpha value is -3.87. The second-order valence-corrected chi connectivity index (χ2v) is 11.4. The molecule has 2 aliphatic rings. The van der Waals surface area contributed by atoms with Gasteiger partial charge in [-0.3, -0.25) is 14.5 Å². The summed E-state index contributed by atoms with van der Waals surface area (Å²) in [5, 5.41) is -0.116. The van der Waals surface area contributed by atoms with Crippen molar-refractivity contribution in [1.82, 2.24) is 4.90 Å². The lowest BCUT2D eigenvalue weighted by molar-refractivity contribution is -0.123. The van der Waals surface area contributed by atoms with Gasteiger partial charge in [-0.25, -0.2) is 0 Å². The van der Waals surface area contributed by atoms with Crippen LogP contribution in [0.25, 0.3) is 6.08 Å². The minimum atomic E-state index is -4.16. The molecule has 10 nitrogen and oxygen atoms in total. The van der Waals surface area contributed by atoms with Crippen molar-refractivity contribution in [3.63, 3.8) is 0 Å². The van der Waals surface area contributed by atoms with E-state index >= 15 is 0 Å². The van der Waals surface area contributed by atoms with Crippen molar-refractivity contribution in [3.05, 3.63) is 75.7 Å². The fraction of sp³-hybridized carbons (Fsp3) is 0.185. The van der Waals surface area contributed by atoms with Crippen LogP contribution in [0.5, 0.6) is 28.7 Å². The summed E-state index contributed by atoms with van der Waals surface area (Å²) in [6.07, 6.45) is 1.52. The molecule has 5 rings (SSSR count). The Morgan fingerprint density at radius 1 is 1.02 bits per heavy atom. The maximum atomic E-state index is 13.1. The van der Waals surface area contributed by atoms with E-state index in [0.29, 0.717) is 33.4 Å². The number of ether oxygens (including phenoxy) is 4. The first kappa shape index (κ1) is 27.7. The van der Waals surface area contributed by atoms with Crippen LogP contribution in [0.4, 0.5) is 4.79 Å². The van der Waals surface area contributed by atoms with Crippen LogP contribution >= 0.6 is 23.4 Å². The topological polar surface area (TPSA) is 118 Å². The molecule has 0 saturated carbocycles. The summed E-state index contributed by atoms with van der Waals surface area (Å²) in [6.45, 7) is 1.99. The van der Waals surface area contributed by atoms with Gasteiger partial charge in [0.2, 0.25) is 6.79 Å². The molecular formula is C27H22ClNO9S2. The minimum Gasteiger partial charge on any atom is -0.497 e. The van der Waals surface area contributed by atoms with Crippen LogP contribution in [-0.4, -0.2) is 45.0 Å². The van der Waals surface area contributed by atoms with Gasteiger partial charge in [0.15, 0.2) is 23.0 Å². The third-order valence-corrected chi connectivity index (χ3v) is 8.36. The first-order valence-electron chi connectivity index (χ1n) is 11.9. The van der Waals surface area contributed by atoms with Crippen LogP contribution in [0.3, 0.4) is 0 Å². The molecule has 1 fully saturated rings. The summed E-state index contributed by atoms with van der Waals surface area (Å²) in [6, 6.07) is 13.5. The number of halogens is 1. The van der Waals surface area contributed by atoms with Gasteiger partial charge < -0.3 is 23.1 Å². The zero-order valence-corrected chi connectivity index (χ0v) is 23.6. The molecule has 3 aromatic rings. The predicted molar refractivity (Wildman–Crippen MR) is 148 cm³/mol. The molecule has 0 aliphatic carbocycles. The number of rotatable bonds is 9. The Kier molecular flexibility index (Phi) is 7.83. The monoisotopic (exact) mass is 603 g/mol. The van der Waals surface area contributed by atoms with Crippen molar-refractivity contribution < 1.29 is 41.1 Å². The molecule has 2 aliphatic heterocycles. The van der Waals surface area contributed by atoms with Crippen molar-refractivity contribution in [2.75, 3.05) is 20.5 Å². The van der Waals surface area contributed by atoms with Gasteiger partial charge >= 0.3 is 10.1 Å². The first-order chi connectivity index (χ1) is 19.2. The number of methoxy groups -OCH3 is 1. The van der Waals surface area contributed by atoms with E-state index in [-0.39, 0.29) is 41.2 Å². The molecule has 13 heteroatoms. The lowest BCUT2D eigenvalue weighted by Gasteiger charge is -2.14. The quantitative estimate of drug-likeness (QED) is 0.230. The summed E-state index contributed by atoms with van der Waals surface area (Å²) < 4.78 is 52.4. The molecule has 3 aromatic carbocycles. The lowest BCUT2D eigenvalue weighted by atomic mass is 10.1. The van der Waals surface area contributed by atoms with Crippen molar-refractivity contribution in [2.45, 2.75) is 18.4 Å². The van der Waals surface area contributed by atoms with E-state index in [4.69, 9.17) is 34.7 Å². The minimum absolute atomic E-state index is 0.0274. The number of amides is 2. The Morgan fingerprint density at radius 3 is 2.45 bits per heavy atom. The van der Waals surface area contributed by atoms with Crippen LogP contribution in [0.2, 0.25) is 5.02 Å². The number of nitrogens with zero attached hydrogens (tertiary/aromatic N) is 1. The molecule has 2 amide bonds. The van der Waals surface area contributed by atoms with E-state index in [2.05, 4.69) is 0 Å². The molecule has 0 atom stereocenters. The summed E-state index contributed by atoms with van der Waals surface area (Å²) in [7, 11) is -2.69. The largest absolute Gasteiger partial charge is 0.497 e. The van der Waals surface area contributed by atoms with Gasteiger partial charge in [0, 0.05) is 11.1 Å². The van der Waals surface area contributed by atoms with Gasteiger partial charge in [-0.2, -0.15) is 8.42 Å². The van der Waals surface area contributed by atoms with Crippen LogP contribution in [0.15, 0.2) is 64.4 Å². The average Bonchev–Trinajstić information content (AvgIpc) is 3.49. The summed E-state index contributed by atoms with van der Waals surface area (Å²) >= 11 is 7.11. The summed E-state index contributed by atoms with van der Waals surface area (Å²) in [4.78, 5) is 27.0. The zero-order chi connectivity index (χ0) is 28.4. The first-order valence-corrected chi connectivity index (χ1v) is 14.5. The highest BCUT2D eigenvalue weighted by molar-refractivity contribution is 8.18. The summed E-state index contributed by atoms with van der Waals surface area (Å²) in [5.41, 5.74) is 1.04. The Bertz CT molecular complexity index is 1620. The number of hydrogen-bond acceptors (Lipinski definition) is 10. The zero-order valence-electron chi connectivity index (χ0n) is 21.2. The van der Waals surface area contributed by atoms with Gasteiger partial charge in [-0.15, -0.1) is 0 Å². The molecule has 0 radical (unpaired) electrons. The van der Waals surface area contributed by atoms with Crippen LogP contribution in [0, 0.1) is 0 Å². The molecule has 0 aromatic heterocycles. The maximum Gasteiger partial charge on any atom is 0.339 e. The van der Waals surface area contributed by atoms with E-state index in [1.54, 1.807) is 25.1 Å². The standard InChI is InChI=1S/C27H22ClNO9S2/c1-3-35-22-10-16(4-9-21(22)38-40(32,33)19-7-5-18(34-2)6-8-19)11-25-26(30)29(27(31)39-25)14-17-12-23-24(13-20(17)28)37-15-36-23/h4-13H,3,14-15H2,1-2H3/b25-11-. The third-order valence-electron chi connectivity index (χ3n) is 5.86. The number of benzene rings is 3. The SMILES string of the molecule is CCOc1cc(/C=C2\SC(=O)N(Cc3cc4c(cc3Cl)OCO4)C2=O)ccc1OS(=O)(=O)c1ccc(OC)cc1. The molecule has 0 bridgehead atoms.